The van der Waals surface area contributed by atoms with Gasteiger partial charge in [0, 0.05) is 6.54 Å². The molecule has 90 valence electrons. The minimum absolute atomic E-state index is 0.219. The van der Waals surface area contributed by atoms with Crippen LogP contribution in [-0.2, 0) is 10.0 Å². The summed E-state index contributed by atoms with van der Waals surface area (Å²) in [6, 6.07) is 0. The van der Waals surface area contributed by atoms with Gasteiger partial charge in [0.05, 0.1) is 11.9 Å². The third kappa shape index (κ3) is 3.43. The van der Waals surface area contributed by atoms with Gasteiger partial charge in [-0.2, -0.15) is 0 Å². The lowest BCUT2D eigenvalue weighted by Gasteiger charge is -2.17. The van der Waals surface area contributed by atoms with E-state index in [1.807, 2.05) is 0 Å². The first kappa shape index (κ1) is 12.9. The summed E-state index contributed by atoms with van der Waals surface area (Å²) in [5.74, 6) is 0. The highest BCUT2D eigenvalue weighted by molar-refractivity contribution is 7.90. The Morgan fingerprint density at radius 1 is 1.47 bits per heavy atom. The quantitative estimate of drug-likeness (QED) is 0.688. The topological polar surface area (TPSA) is 66.4 Å². The lowest BCUT2D eigenvalue weighted by atomic mass is 10.0. The zero-order chi connectivity index (χ0) is 11.5. The van der Waals surface area contributed by atoms with Gasteiger partial charge in [0.1, 0.15) is 0 Å². The van der Waals surface area contributed by atoms with E-state index in [1.165, 1.54) is 6.92 Å². The second kappa shape index (κ2) is 4.80. The molecule has 1 aliphatic rings. The van der Waals surface area contributed by atoms with Crippen LogP contribution < -0.4 is 4.72 Å². The molecule has 0 radical (unpaired) electrons. The van der Waals surface area contributed by atoms with Gasteiger partial charge in [0.25, 0.3) is 0 Å². The lowest BCUT2D eigenvalue weighted by molar-refractivity contribution is 0.294. The molecule has 5 heteroatoms. The van der Waals surface area contributed by atoms with Crippen molar-refractivity contribution in [3.05, 3.63) is 0 Å². The molecule has 4 nitrogen and oxygen atoms in total. The van der Waals surface area contributed by atoms with E-state index in [0.717, 1.165) is 25.7 Å². The molecule has 1 aliphatic carbocycles. The predicted octanol–water partition coefficient (Wildman–Crippen LogP) is 0.867. The number of hydrogen-bond acceptors (Lipinski definition) is 3. The van der Waals surface area contributed by atoms with Gasteiger partial charge in [-0.05, 0) is 31.6 Å². The van der Waals surface area contributed by atoms with E-state index in [9.17, 15) is 8.42 Å². The zero-order valence-corrected chi connectivity index (χ0v) is 10.3. The SMILES string of the molecule is CCCC1(CNS(=O)(=O)C(C)CO)CC1. The summed E-state index contributed by atoms with van der Waals surface area (Å²) in [5, 5.41) is 8.09. The van der Waals surface area contributed by atoms with Crippen LogP contribution in [0.1, 0.15) is 39.5 Å². The molecular weight excluding hydrogens is 214 g/mol. The van der Waals surface area contributed by atoms with Gasteiger partial charge in [0.2, 0.25) is 10.0 Å². The molecule has 0 aromatic rings. The molecule has 0 amide bonds. The Balaban J connectivity index is 2.43. The molecule has 0 spiro atoms. The number of rotatable bonds is 7. The Labute approximate surface area is 92.1 Å². The van der Waals surface area contributed by atoms with E-state index in [0.29, 0.717) is 6.54 Å². The van der Waals surface area contributed by atoms with Crippen molar-refractivity contribution in [2.75, 3.05) is 13.2 Å². The predicted molar refractivity (Wildman–Crippen MR) is 60.0 cm³/mol. The summed E-state index contributed by atoms with van der Waals surface area (Å²) in [6.45, 7) is 3.84. The number of nitrogens with one attached hydrogen (secondary N) is 1. The minimum atomic E-state index is -3.32. The van der Waals surface area contributed by atoms with Crippen LogP contribution in [0.4, 0.5) is 0 Å². The first-order valence-electron chi connectivity index (χ1n) is 5.55. The van der Waals surface area contributed by atoms with Gasteiger partial charge in [0.15, 0.2) is 0 Å². The fourth-order valence-corrected chi connectivity index (χ4v) is 2.70. The van der Waals surface area contributed by atoms with Gasteiger partial charge in [-0.3, -0.25) is 0 Å². The summed E-state index contributed by atoms with van der Waals surface area (Å²) in [6.07, 6.45) is 4.42. The molecule has 0 aromatic heterocycles. The third-order valence-electron chi connectivity index (χ3n) is 3.17. The first-order valence-corrected chi connectivity index (χ1v) is 7.10. The maximum Gasteiger partial charge on any atom is 0.216 e. The second-order valence-electron chi connectivity index (χ2n) is 4.61. The molecule has 1 saturated carbocycles. The van der Waals surface area contributed by atoms with Crippen LogP contribution in [0.25, 0.3) is 0 Å². The van der Waals surface area contributed by atoms with Crippen molar-refractivity contribution in [1.82, 2.24) is 4.72 Å². The smallest absolute Gasteiger partial charge is 0.216 e. The van der Waals surface area contributed by atoms with Crippen LogP contribution in [0, 0.1) is 5.41 Å². The highest BCUT2D eigenvalue weighted by atomic mass is 32.2. The van der Waals surface area contributed by atoms with E-state index >= 15 is 0 Å². The molecule has 1 rings (SSSR count). The monoisotopic (exact) mass is 235 g/mol. The van der Waals surface area contributed by atoms with Crippen molar-refractivity contribution in [2.45, 2.75) is 44.8 Å². The van der Waals surface area contributed by atoms with Crippen molar-refractivity contribution >= 4 is 10.0 Å². The summed E-state index contributed by atoms with van der Waals surface area (Å²) in [7, 11) is -3.32. The molecule has 0 aliphatic heterocycles. The Kier molecular flexibility index (Phi) is 4.14. The Bertz CT molecular complexity index is 296. The largest absolute Gasteiger partial charge is 0.395 e. The third-order valence-corrected chi connectivity index (χ3v) is 4.93. The maximum atomic E-state index is 11.6. The highest BCUT2D eigenvalue weighted by Gasteiger charge is 2.42. The fraction of sp³-hybridized carbons (Fsp3) is 1.00. The molecule has 2 N–H and O–H groups in total. The standard InChI is InChI=1S/C10H21NO3S/c1-3-4-10(5-6-10)8-11-15(13,14)9(2)7-12/h9,11-12H,3-8H2,1-2H3. The average Bonchev–Trinajstić information content (AvgIpc) is 2.95. The first-order chi connectivity index (χ1) is 6.96. The fourth-order valence-electron chi connectivity index (χ4n) is 1.72. The van der Waals surface area contributed by atoms with Crippen molar-refractivity contribution in [2.24, 2.45) is 5.41 Å². The van der Waals surface area contributed by atoms with Crippen LogP contribution in [0.3, 0.4) is 0 Å². The van der Waals surface area contributed by atoms with Gasteiger partial charge in [-0.25, -0.2) is 13.1 Å². The second-order valence-corrected chi connectivity index (χ2v) is 6.79. The van der Waals surface area contributed by atoms with E-state index in [2.05, 4.69) is 11.6 Å². The molecule has 0 bridgehead atoms. The number of hydrogen-bond donors (Lipinski definition) is 2. The number of sulfonamides is 1. The summed E-state index contributed by atoms with van der Waals surface area (Å²) in [4.78, 5) is 0. The lowest BCUT2D eigenvalue weighted by Crippen LogP contribution is -2.38. The molecule has 0 aromatic carbocycles. The normalized spacial score (nSPS) is 21.3. The number of aliphatic hydroxyl groups is 1. The van der Waals surface area contributed by atoms with Crippen LogP contribution in [0.5, 0.6) is 0 Å². The number of aliphatic hydroxyl groups excluding tert-OH is 1. The minimum Gasteiger partial charge on any atom is -0.395 e. The molecular formula is C10H21NO3S. The van der Waals surface area contributed by atoms with Gasteiger partial charge in [-0.1, -0.05) is 13.3 Å². The van der Waals surface area contributed by atoms with Crippen molar-refractivity contribution < 1.29 is 13.5 Å². The van der Waals surface area contributed by atoms with E-state index < -0.39 is 15.3 Å². The molecule has 0 heterocycles. The van der Waals surface area contributed by atoms with Gasteiger partial charge < -0.3 is 5.11 Å². The Hall–Kier alpha value is -0.130. The molecule has 1 unspecified atom stereocenters. The van der Waals surface area contributed by atoms with E-state index in [4.69, 9.17) is 5.11 Å². The summed E-state index contributed by atoms with van der Waals surface area (Å²) >= 11 is 0. The van der Waals surface area contributed by atoms with Crippen LogP contribution in [0.15, 0.2) is 0 Å². The van der Waals surface area contributed by atoms with E-state index in [1.54, 1.807) is 0 Å². The summed E-state index contributed by atoms with van der Waals surface area (Å²) in [5.41, 5.74) is 0.219. The zero-order valence-electron chi connectivity index (χ0n) is 9.49. The summed E-state index contributed by atoms with van der Waals surface area (Å²) < 4.78 is 25.7. The molecule has 0 saturated heterocycles. The Morgan fingerprint density at radius 2 is 2.07 bits per heavy atom. The van der Waals surface area contributed by atoms with Crippen LogP contribution in [-0.4, -0.2) is 31.9 Å². The van der Waals surface area contributed by atoms with Crippen LogP contribution >= 0.6 is 0 Å². The van der Waals surface area contributed by atoms with Crippen LogP contribution in [0.2, 0.25) is 0 Å². The molecule has 15 heavy (non-hydrogen) atoms. The van der Waals surface area contributed by atoms with Gasteiger partial charge in [-0.15, -0.1) is 0 Å². The highest BCUT2D eigenvalue weighted by Crippen LogP contribution is 2.49. The van der Waals surface area contributed by atoms with E-state index in [-0.39, 0.29) is 12.0 Å². The Morgan fingerprint density at radius 3 is 2.47 bits per heavy atom. The van der Waals surface area contributed by atoms with Crippen molar-refractivity contribution in [3.63, 3.8) is 0 Å². The average molecular weight is 235 g/mol. The van der Waals surface area contributed by atoms with Crippen molar-refractivity contribution in [3.8, 4) is 0 Å². The van der Waals surface area contributed by atoms with Gasteiger partial charge >= 0.3 is 0 Å². The molecule has 1 atom stereocenters. The van der Waals surface area contributed by atoms with Crippen molar-refractivity contribution in [1.29, 1.82) is 0 Å². The maximum absolute atomic E-state index is 11.6. The molecule has 1 fully saturated rings.